The molecule has 0 unspecified atom stereocenters. The predicted molar refractivity (Wildman–Crippen MR) is 122 cm³/mol. The van der Waals surface area contributed by atoms with Gasteiger partial charge in [-0.15, -0.1) is 10.2 Å². The van der Waals surface area contributed by atoms with Gasteiger partial charge in [-0.25, -0.2) is 14.4 Å². The molecule has 33 heavy (non-hydrogen) atoms. The number of fused-ring (bicyclic) bond motifs is 1. The van der Waals surface area contributed by atoms with Crippen molar-refractivity contribution in [1.29, 1.82) is 0 Å². The van der Waals surface area contributed by atoms with E-state index >= 15 is 0 Å². The van der Waals surface area contributed by atoms with Crippen LogP contribution in [0.5, 0.6) is 0 Å². The van der Waals surface area contributed by atoms with E-state index in [1.165, 1.54) is 16.7 Å². The van der Waals surface area contributed by atoms with Gasteiger partial charge in [0.15, 0.2) is 5.82 Å². The van der Waals surface area contributed by atoms with Crippen molar-refractivity contribution in [2.24, 2.45) is 14.1 Å². The van der Waals surface area contributed by atoms with Crippen LogP contribution in [0.3, 0.4) is 0 Å². The molecule has 0 amide bonds. The number of hydrogen-bond donors (Lipinski definition) is 0. The largest absolute Gasteiger partial charge is 0.366 e. The summed E-state index contributed by atoms with van der Waals surface area (Å²) in [6, 6.07) is 6.08. The Morgan fingerprint density at radius 1 is 1.21 bits per heavy atom. The van der Waals surface area contributed by atoms with Crippen LogP contribution in [0.1, 0.15) is 17.8 Å². The van der Waals surface area contributed by atoms with Crippen molar-refractivity contribution >= 4 is 28.3 Å². The molecule has 0 N–H and O–H groups in total. The molecule has 11 heteroatoms. The SMILES string of the molecule is Cc1nc2cc(N3CCO[C@H](c4nncn4C)C3)nc(-c3ccc(Cl)cc3F)c2c(=O)n1C. The van der Waals surface area contributed by atoms with E-state index in [1.54, 1.807) is 32.4 Å². The van der Waals surface area contributed by atoms with Gasteiger partial charge in [0, 0.05) is 37.3 Å². The molecule has 4 heterocycles. The van der Waals surface area contributed by atoms with Gasteiger partial charge in [-0.05, 0) is 25.1 Å². The number of benzene rings is 1. The van der Waals surface area contributed by atoms with Gasteiger partial charge in [0.25, 0.3) is 5.56 Å². The van der Waals surface area contributed by atoms with E-state index in [9.17, 15) is 9.18 Å². The number of aromatic nitrogens is 6. The Hall–Kier alpha value is -3.37. The molecule has 1 atom stereocenters. The summed E-state index contributed by atoms with van der Waals surface area (Å²) < 4.78 is 24.1. The number of rotatable bonds is 3. The second-order valence-electron chi connectivity index (χ2n) is 7.98. The van der Waals surface area contributed by atoms with Gasteiger partial charge in [0.1, 0.15) is 29.9 Å². The summed E-state index contributed by atoms with van der Waals surface area (Å²) in [7, 11) is 3.49. The minimum atomic E-state index is -0.560. The van der Waals surface area contributed by atoms with Crippen molar-refractivity contribution < 1.29 is 9.13 Å². The van der Waals surface area contributed by atoms with Crippen molar-refractivity contribution in [1.82, 2.24) is 29.3 Å². The van der Waals surface area contributed by atoms with Crippen molar-refractivity contribution in [2.45, 2.75) is 13.0 Å². The van der Waals surface area contributed by atoms with Crippen LogP contribution >= 0.6 is 11.6 Å². The molecule has 1 aliphatic heterocycles. The molecule has 0 spiro atoms. The van der Waals surface area contributed by atoms with Gasteiger partial charge in [-0.2, -0.15) is 0 Å². The number of ether oxygens (including phenoxy) is 1. The smallest absolute Gasteiger partial charge is 0.263 e. The fourth-order valence-electron chi connectivity index (χ4n) is 4.02. The highest BCUT2D eigenvalue weighted by molar-refractivity contribution is 6.30. The maximum atomic E-state index is 14.9. The number of hydrogen-bond acceptors (Lipinski definition) is 7. The first kappa shape index (κ1) is 21.5. The summed E-state index contributed by atoms with van der Waals surface area (Å²) >= 11 is 5.96. The number of nitrogens with zero attached hydrogens (tertiary/aromatic N) is 7. The Labute approximate surface area is 193 Å². The van der Waals surface area contributed by atoms with Crippen LogP contribution < -0.4 is 10.5 Å². The Morgan fingerprint density at radius 2 is 2.03 bits per heavy atom. The topological polar surface area (TPSA) is 91.0 Å². The summed E-state index contributed by atoms with van der Waals surface area (Å²) in [5, 5.41) is 8.61. The first-order chi connectivity index (χ1) is 15.8. The molecule has 1 aliphatic rings. The van der Waals surface area contributed by atoms with Crippen LogP contribution in [-0.2, 0) is 18.8 Å². The normalized spacial score (nSPS) is 16.5. The highest BCUT2D eigenvalue weighted by Gasteiger charge is 2.28. The third-order valence-electron chi connectivity index (χ3n) is 5.88. The zero-order chi connectivity index (χ0) is 23.3. The van der Waals surface area contributed by atoms with Gasteiger partial charge in [-0.3, -0.25) is 9.36 Å². The average Bonchev–Trinajstić information content (AvgIpc) is 3.23. The van der Waals surface area contributed by atoms with E-state index in [2.05, 4.69) is 15.2 Å². The van der Waals surface area contributed by atoms with Gasteiger partial charge in [0.05, 0.1) is 29.7 Å². The highest BCUT2D eigenvalue weighted by Crippen LogP contribution is 2.32. The van der Waals surface area contributed by atoms with Crippen LogP contribution in [-0.4, -0.2) is 49.0 Å². The lowest BCUT2D eigenvalue weighted by atomic mass is 10.1. The fourth-order valence-corrected chi connectivity index (χ4v) is 4.18. The number of anilines is 1. The van der Waals surface area contributed by atoms with Crippen LogP contribution in [0.2, 0.25) is 5.02 Å². The monoisotopic (exact) mass is 469 g/mol. The molecular formula is C22H21ClFN7O2. The van der Waals surface area contributed by atoms with E-state index in [0.717, 1.165) is 0 Å². The molecule has 1 fully saturated rings. The molecule has 4 aromatic rings. The third-order valence-corrected chi connectivity index (χ3v) is 6.12. The summed E-state index contributed by atoms with van der Waals surface area (Å²) in [4.78, 5) is 24.5. The summed E-state index contributed by atoms with van der Waals surface area (Å²) in [6.07, 6.45) is 1.31. The lowest BCUT2D eigenvalue weighted by Crippen LogP contribution is -2.39. The van der Waals surface area contributed by atoms with Crippen molar-refractivity contribution in [3.8, 4) is 11.3 Å². The van der Waals surface area contributed by atoms with E-state index < -0.39 is 5.82 Å². The fraction of sp³-hybridized carbons (Fsp3) is 0.318. The van der Waals surface area contributed by atoms with Crippen LogP contribution in [0.4, 0.5) is 10.2 Å². The van der Waals surface area contributed by atoms with E-state index in [0.29, 0.717) is 42.7 Å². The van der Waals surface area contributed by atoms with Crippen LogP contribution in [0.15, 0.2) is 35.4 Å². The molecule has 5 rings (SSSR count). The van der Waals surface area contributed by atoms with Crippen LogP contribution in [0, 0.1) is 12.7 Å². The zero-order valence-corrected chi connectivity index (χ0v) is 19.0. The Bertz CT molecular complexity index is 1430. The van der Waals surface area contributed by atoms with Gasteiger partial charge in [-0.1, -0.05) is 11.6 Å². The number of morpholine rings is 1. The van der Waals surface area contributed by atoms with Gasteiger partial charge in [0.2, 0.25) is 0 Å². The molecule has 1 aromatic carbocycles. The molecule has 0 bridgehead atoms. The minimum absolute atomic E-state index is 0.187. The molecule has 0 radical (unpaired) electrons. The summed E-state index contributed by atoms with van der Waals surface area (Å²) in [5.74, 6) is 1.26. The second-order valence-corrected chi connectivity index (χ2v) is 8.41. The first-order valence-corrected chi connectivity index (χ1v) is 10.8. The third kappa shape index (κ3) is 3.75. The van der Waals surface area contributed by atoms with Crippen LogP contribution in [0.25, 0.3) is 22.2 Å². The molecule has 1 saturated heterocycles. The predicted octanol–water partition coefficient (Wildman–Crippen LogP) is 2.80. The molecule has 170 valence electrons. The van der Waals surface area contributed by atoms with E-state index in [-0.39, 0.29) is 33.3 Å². The lowest BCUT2D eigenvalue weighted by Gasteiger charge is -2.33. The maximum absolute atomic E-state index is 14.9. The minimum Gasteiger partial charge on any atom is -0.366 e. The zero-order valence-electron chi connectivity index (χ0n) is 18.3. The summed E-state index contributed by atoms with van der Waals surface area (Å²) in [6.45, 7) is 3.24. The Balaban J connectivity index is 1.68. The number of aryl methyl sites for hydroxylation is 2. The Kier molecular flexibility index (Phi) is 5.34. The van der Waals surface area contributed by atoms with Gasteiger partial charge < -0.3 is 14.2 Å². The Morgan fingerprint density at radius 3 is 2.76 bits per heavy atom. The number of pyridine rings is 1. The molecule has 0 aliphatic carbocycles. The van der Waals surface area contributed by atoms with Crippen molar-refractivity contribution in [3.05, 3.63) is 63.4 Å². The number of halogens is 2. The first-order valence-electron chi connectivity index (χ1n) is 10.4. The molecule has 3 aromatic heterocycles. The highest BCUT2D eigenvalue weighted by atomic mass is 35.5. The molecular weight excluding hydrogens is 449 g/mol. The molecule has 0 saturated carbocycles. The average molecular weight is 470 g/mol. The van der Waals surface area contributed by atoms with Crippen molar-refractivity contribution in [2.75, 3.05) is 24.6 Å². The maximum Gasteiger partial charge on any atom is 0.263 e. The lowest BCUT2D eigenvalue weighted by molar-refractivity contribution is 0.0318. The van der Waals surface area contributed by atoms with E-state index in [4.69, 9.17) is 21.3 Å². The quantitative estimate of drug-likeness (QED) is 0.455. The second kappa shape index (κ2) is 8.20. The van der Waals surface area contributed by atoms with Crippen molar-refractivity contribution in [3.63, 3.8) is 0 Å². The molecule has 9 nitrogen and oxygen atoms in total. The van der Waals surface area contributed by atoms with E-state index in [1.807, 2.05) is 16.5 Å². The summed E-state index contributed by atoms with van der Waals surface area (Å²) in [5.41, 5.74) is 0.574. The standard InChI is InChI=1S/C22H21ClFN7O2/c1-12-26-16-9-18(31-6-7-33-17(10-31)21-28-25-11-29(21)2)27-20(19(16)22(32)30(12)3)14-5-4-13(23)8-15(14)24/h4-5,8-9,11,17H,6-7,10H2,1-3H3/t17-/m0/s1. The van der Waals surface area contributed by atoms with Gasteiger partial charge >= 0.3 is 0 Å².